The minimum absolute atomic E-state index is 0.0819. The number of aliphatic hydroxyl groups excluding tert-OH is 1. The number of ether oxygens (including phenoxy) is 2. The highest BCUT2D eigenvalue weighted by atomic mass is 32.2. The van der Waals surface area contributed by atoms with Crippen molar-refractivity contribution < 1.29 is 28.6 Å². The van der Waals surface area contributed by atoms with Gasteiger partial charge in [0.25, 0.3) is 5.91 Å². The Labute approximate surface area is 269 Å². The van der Waals surface area contributed by atoms with Crippen molar-refractivity contribution in [3.8, 4) is 11.5 Å². The Balaban J connectivity index is 1.47. The number of aromatic nitrogens is 2. The molecule has 1 unspecified atom stereocenters. The number of ketones is 1. The first kappa shape index (κ1) is 31.9. The maximum Gasteiger partial charge on any atom is 0.296 e. The van der Waals surface area contributed by atoms with Crippen LogP contribution in [0.4, 0.5) is 9.52 Å². The van der Waals surface area contributed by atoms with Crippen LogP contribution in [0, 0.1) is 5.82 Å². The molecule has 232 valence electrons. The number of rotatable bonds is 14. The van der Waals surface area contributed by atoms with Crippen LogP contribution in [0.3, 0.4) is 0 Å². The molecule has 45 heavy (non-hydrogen) atoms. The van der Waals surface area contributed by atoms with E-state index in [1.165, 1.54) is 42.0 Å². The first-order valence-corrected chi connectivity index (χ1v) is 16.3. The summed E-state index contributed by atoms with van der Waals surface area (Å²) in [5, 5.41) is 19.8. The number of thioether (sulfide) groups is 1. The van der Waals surface area contributed by atoms with E-state index >= 15 is 0 Å². The van der Waals surface area contributed by atoms with Gasteiger partial charge in [0.1, 0.15) is 5.82 Å². The van der Waals surface area contributed by atoms with Crippen molar-refractivity contribution in [2.75, 3.05) is 18.6 Å². The predicted octanol–water partition coefficient (Wildman–Crippen LogP) is 7.73. The standard InChI is InChI=1S/C34H32FN3O5S2/c1-3-4-8-19-43-27-18-14-24(20-28(27)42-2)30-29(26(39)17-13-22-9-6-5-7-10-22)31(40)32(41)38(30)33-36-37-34(45-33)44-21-23-11-15-25(35)16-12-23/h5-7,9-18,20,30,40H,3-4,8,19,21H2,1-2H3/b17-13+. The number of hydrogen-bond acceptors (Lipinski definition) is 9. The quantitative estimate of drug-likeness (QED) is 0.0644. The van der Waals surface area contributed by atoms with Crippen molar-refractivity contribution in [2.24, 2.45) is 0 Å². The molecule has 1 amide bonds. The van der Waals surface area contributed by atoms with Crippen LogP contribution in [0.25, 0.3) is 6.08 Å². The molecule has 4 aromatic rings. The van der Waals surface area contributed by atoms with Crippen LogP contribution >= 0.6 is 23.1 Å². The monoisotopic (exact) mass is 645 g/mol. The SMILES string of the molecule is CCCCCOc1ccc(C2C(C(=O)/C=C/c3ccccc3)=C(O)C(=O)N2c2nnc(SCc3ccc(F)cc3)s2)cc1OC. The number of hydrogen-bond donors (Lipinski definition) is 1. The Kier molecular flexibility index (Phi) is 10.6. The number of carbonyl (C=O) groups excluding carboxylic acids is 2. The minimum Gasteiger partial charge on any atom is -0.503 e. The minimum atomic E-state index is -1.00. The average molecular weight is 646 g/mol. The first-order chi connectivity index (χ1) is 21.9. The fourth-order valence-corrected chi connectivity index (χ4v) is 6.61. The van der Waals surface area contributed by atoms with Crippen LogP contribution in [-0.4, -0.2) is 40.7 Å². The molecule has 0 fully saturated rings. The highest BCUT2D eigenvalue weighted by Gasteiger charge is 2.45. The van der Waals surface area contributed by atoms with Crippen LogP contribution < -0.4 is 14.4 Å². The highest BCUT2D eigenvalue weighted by Crippen LogP contribution is 2.45. The number of carbonyl (C=O) groups is 2. The number of anilines is 1. The molecular formula is C34H32FN3O5S2. The second-order valence-electron chi connectivity index (χ2n) is 10.2. The lowest BCUT2D eigenvalue weighted by atomic mass is 9.95. The summed E-state index contributed by atoms with van der Waals surface area (Å²) in [5.41, 5.74) is 2.13. The Morgan fingerprint density at radius 1 is 1.07 bits per heavy atom. The number of amides is 1. The van der Waals surface area contributed by atoms with E-state index in [0.29, 0.717) is 33.8 Å². The smallest absolute Gasteiger partial charge is 0.296 e. The van der Waals surface area contributed by atoms with Crippen LogP contribution in [0.5, 0.6) is 11.5 Å². The number of unbranched alkanes of at least 4 members (excludes halogenated alkanes) is 2. The van der Waals surface area contributed by atoms with Gasteiger partial charge in [-0.15, -0.1) is 10.2 Å². The molecule has 3 aromatic carbocycles. The maximum absolute atomic E-state index is 13.6. The van der Waals surface area contributed by atoms with E-state index in [2.05, 4.69) is 17.1 Å². The molecular weight excluding hydrogens is 614 g/mol. The van der Waals surface area contributed by atoms with Crippen molar-refractivity contribution in [3.05, 3.63) is 113 Å². The van der Waals surface area contributed by atoms with E-state index in [-0.39, 0.29) is 16.5 Å². The highest BCUT2D eigenvalue weighted by molar-refractivity contribution is 8.00. The molecule has 11 heteroatoms. The zero-order valence-electron chi connectivity index (χ0n) is 24.8. The third-order valence-corrected chi connectivity index (χ3v) is 9.21. The van der Waals surface area contributed by atoms with E-state index < -0.39 is 23.5 Å². The lowest BCUT2D eigenvalue weighted by Gasteiger charge is -2.24. The molecule has 0 radical (unpaired) electrons. The summed E-state index contributed by atoms with van der Waals surface area (Å²) in [7, 11) is 1.52. The van der Waals surface area contributed by atoms with E-state index in [0.717, 1.165) is 41.7 Å². The lowest BCUT2D eigenvalue weighted by Crippen LogP contribution is -2.30. The summed E-state index contributed by atoms with van der Waals surface area (Å²) >= 11 is 2.54. The second kappa shape index (κ2) is 15.0. The number of allylic oxidation sites excluding steroid dienone is 1. The van der Waals surface area contributed by atoms with Crippen LogP contribution in [0.1, 0.15) is 48.9 Å². The Hall–Kier alpha value is -4.48. The molecule has 0 bridgehead atoms. The van der Waals surface area contributed by atoms with E-state index in [4.69, 9.17) is 9.47 Å². The van der Waals surface area contributed by atoms with Gasteiger partial charge in [0, 0.05) is 5.75 Å². The van der Waals surface area contributed by atoms with Crippen LogP contribution in [0.15, 0.2) is 94.5 Å². The van der Waals surface area contributed by atoms with E-state index in [1.807, 2.05) is 30.3 Å². The van der Waals surface area contributed by atoms with Gasteiger partial charge in [-0.25, -0.2) is 4.39 Å². The summed E-state index contributed by atoms with van der Waals surface area (Å²) in [4.78, 5) is 28.5. The normalized spacial score (nSPS) is 14.9. The zero-order chi connectivity index (χ0) is 31.8. The summed E-state index contributed by atoms with van der Waals surface area (Å²) < 4.78 is 25.5. The van der Waals surface area contributed by atoms with Crippen molar-refractivity contribution in [1.29, 1.82) is 0 Å². The largest absolute Gasteiger partial charge is 0.503 e. The molecule has 0 spiro atoms. The first-order valence-electron chi connectivity index (χ1n) is 14.4. The molecule has 8 nitrogen and oxygen atoms in total. The molecule has 1 N–H and O–H groups in total. The zero-order valence-corrected chi connectivity index (χ0v) is 26.4. The average Bonchev–Trinajstić information content (AvgIpc) is 3.63. The molecule has 5 rings (SSSR count). The van der Waals surface area contributed by atoms with Crippen molar-refractivity contribution in [3.63, 3.8) is 0 Å². The Morgan fingerprint density at radius 3 is 2.58 bits per heavy atom. The predicted molar refractivity (Wildman–Crippen MR) is 174 cm³/mol. The molecule has 0 aliphatic carbocycles. The Bertz CT molecular complexity index is 1710. The number of methoxy groups -OCH3 is 1. The molecule has 1 aromatic heterocycles. The molecule has 2 heterocycles. The number of nitrogens with zero attached hydrogens (tertiary/aromatic N) is 3. The Morgan fingerprint density at radius 2 is 1.84 bits per heavy atom. The van der Waals surface area contributed by atoms with Crippen molar-refractivity contribution in [2.45, 2.75) is 42.3 Å². The lowest BCUT2D eigenvalue weighted by molar-refractivity contribution is -0.117. The summed E-state index contributed by atoms with van der Waals surface area (Å²) in [6.07, 6.45) is 5.98. The van der Waals surface area contributed by atoms with Crippen molar-refractivity contribution >= 4 is 46.0 Å². The summed E-state index contributed by atoms with van der Waals surface area (Å²) in [6.45, 7) is 2.64. The van der Waals surface area contributed by atoms with Crippen LogP contribution in [0.2, 0.25) is 0 Å². The fraction of sp³-hybridized carbons (Fsp3) is 0.235. The van der Waals surface area contributed by atoms with E-state index in [9.17, 15) is 19.1 Å². The third-order valence-electron chi connectivity index (χ3n) is 7.09. The molecule has 1 aliphatic rings. The van der Waals surface area contributed by atoms with Gasteiger partial charge in [-0.1, -0.05) is 97.5 Å². The second-order valence-corrected chi connectivity index (χ2v) is 12.4. The molecule has 0 saturated carbocycles. The van der Waals surface area contributed by atoms with Gasteiger partial charge in [0.15, 0.2) is 27.4 Å². The van der Waals surface area contributed by atoms with Crippen molar-refractivity contribution in [1.82, 2.24) is 10.2 Å². The van der Waals surface area contributed by atoms with Crippen LogP contribution in [-0.2, 0) is 15.3 Å². The van der Waals surface area contributed by atoms with Gasteiger partial charge in [0.05, 0.1) is 25.3 Å². The van der Waals surface area contributed by atoms with Gasteiger partial charge in [-0.2, -0.15) is 0 Å². The number of aliphatic hydroxyl groups is 1. The van der Waals surface area contributed by atoms with Gasteiger partial charge in [-0.3, -0.25) is 14.5 Å². The van der Waals surface area contributed by atoms with Gasteiger partial charge in [-0.05, 0) is 53.5 Å². The number of halogens is 1. The molecule has 1 aliphatic heterocycles. The van der Waals surface area contributed by atoms with E-state index in [1.54, 1.807) is 36.4 Å². The third kappa shape index (κ3) is 7.61. The van der Waals surface area contributed by atoms with Gasteiger partial charge >= 0.3 is 0 Å². The summed E-state index contributed by atoms with van der Waals surface area (Å²) in [6, 6.07) is 19.6. The summed E-state index contributed by atoms with van der Waals surface area (Å²) in [5.74, 6) is -0.772. The molecule has 1 atom stereocenters. The van der Waals surface area contributed by atoms with Gasteiger partial charge < -0.3 is 14.6 Å². The fourth-order valence-electron chi connectivity index (χ4n) is 4.79. The topological polar surface area (TPSA) is 102 Å². The maximum atomic E-state index is 13.6. The number of benzene rings is 3. The van der Waals surface area contributed by atoms with Gasteiger partial charge in [0.2, 0.25) is 5.13 Å². The molecule has 0 saturated heterocycles.